The molecule has 2 aromatic heterocycles. The van der Waals surface area contributed by atoms with Gasteiger partial charge >= 0.3 is 36.4 Å². The predicted octanol–water partition coefficient (Wildman–Crippen LogP) is 5.35. The minimum atomic E-state index is -5.08. The smallest absolute Gasteiger partial charge is 0.475 e. The highest BCUT2D eigenvalue weighted by atomic mass is 19.4. The number of hydrogen-bond acceptors (Lipinski definition) is 8. The highest BCUT2D eigenvalue weighted by molar-refractivity contribution is 5.73. The maximum atomic E-state index is 10.6. The third kappa shape index (κ3) is 16.2. The first-order valence-electron chi connectivity index (χ1n) is 13.8. The van der Waals surface area contributed by atoms with Crippen LogP contribution < -0.4 is 0 Å². The monoisotopic (exact) mass is 709 g/mol. The summed E-state index contributed by atoms with van der Waals surface area (Å²) in [5.74, 6) is -7.66. The summed E-state index contributed by atoms with van der Waals surface area (Å²) < 4.78 is 107. The number of likely N-dealkylation sites (tertiary alicyclic amines) is 1. The molecule has 270 valence electrons. The van der Waals surface area contributed by atoms with E-state index in [0.717, 1.165) is 69.8 Å². The number of piperidine rings is 1. The molecule has 3 N–H and O–H groups in total. The maximum Gasteiger partial charge on any atom is 0.490 e. The van der Waals surface area contributed by atoms with Gasteiger partial charge in [-0.3, -0.25) is 14.9 Å². The predicted molar refractivity (Wildman–Crippen MR) is 145 cm³/mol. The van der Waals surface area contributed by atoms with Crippen LogP contribution in [0, 0.1) is 5.92 Å². The van der Waals surface area contributed by atoms with Gasteiger partial charge in [0.2, 0.25) is 0 Å². The minimum absolute atomic E-state index is 0.0677. The van der Waals surface area contributed by atoms with Crippen LogP contribution in [-0.4, -0.2) is 98.5 Å². The van der Waals surface area contributed by atoms with Gasteiger partial charge in [0.1, 0.15) is 0 Å². The summed E-state index contributed by atoms with van der Waals surface area (Å²) in [5.41, 5.74) is 2.36. The highest BCUT2D eigenvalue weighted by Gasteiger charge is 2.45. The molecule has 0 amide bonds. The van der Waals surface area contributed by atoms with Crippen LogP contribution >= 0.6 is 0 Å². The van der Waals surface area contributed by atoms with Gasteiger partial charge < -0.3 is 24.8 Å². The Bertz CT molecular complexity index is 1200. The fraction of sp³-hybridized carbons (Fsp3) is 0.536. The first kappa shape index (κ1) is 42.0. The highest BCUT2D eigenvalue weighted by Crippen LogP contribution is 2.42. The zero-order valence-corrected chi connectivity index (χ0v) is 24.9. The number of pyridine rings is 2. The third-order valence-corrected chi connectivity index (χ3v) is 6.74. The molecule has 2 aliphatic rings. The van der Waals surface area contributed by atoms with Gasteiger partial charge in [0.15, 0.2) is 0 Å². The summed E-state index contributed by atoms with van der Waals surface area (Å²) in [5, 5.41) is 21.4. The number of carbonyl (C=O) groups is 3. The quantitative estimate of drug-likeness (QED) is 0.251. The number of carboxylic acid groups (broad SMARTS) is 3. The van der Waals surface area contributed by atoms with Crippen molar-refractivity contribution in [1.29, 1.82) is 0 Å². The van der Waals surface area contributed by atoms with Gasteiger partial charge in [-0.05, 0) is 55.4 Å². The van der Waals surface area contributed by atoms with E-state index in [1.807, 2.05) is 24.5 Å². The van der Waals surface area contributed by atoms with Crippen LogP contribution in [-0.2, 0) is 37.0 Å². The molecule has 0 radical (unpaired) electrons. The van der Waals surface area contributed by atoms with Gasteiger partial charge in [-0.2, -0.15) is 39.5 Å². The Balaban J connectivity index is 0.000000448. The van der Waals surface area contributed by atoms with E-state index >= 15 is 0 Å². The van der Waals surface area contributed by atoms with Crippen molar-refractivity contribution >= 4 is 17.9 Å². The van der Waals surface area contributed by atoms with Crippen LogP contribution in [0.5, 0.6) is 0 Å². The van der Waals surface area contributed by atoms with E-state index in [-0.39, 0.29) is 5.60 Å². The molecule has 0 bridgehead atoms. The summed E-state index contributed by atoms with van der Waals surface area (Å²) in [6.07, 6.45) is -5.22. The lowest BCUT2D eigenvalue weighted by molar-refractivity contribution is -0.193. The molecule has 2 saturated heterocycles. The fourth-order valence-electron chi connectivity index (χ4n) is 4.45. The zero-order chi connectivity index (χ0) is 36.6. The molecule has 2 aromatic rings. The van der Waals surface area contributed by atoms with E-state index in [1.165, 1.54) is 0 Å². The van der Waals surface area contributed by atoms with Gasteiger partial charge in [0.05, 0.1) is 17.9 Å². The molecular formula is C28H32F9N3O8. The largest absolute Gasteiger partial charge is 0.490 e. The minimum Gasteiger partial charge on any atom is -0.475 e. The molecule has 1 spiro atoms. The molecule has 2 aliphatic heterocycles. The molecule has 4 heterocycles. The van der Waals surface area contributed by atoms with E-state index in [9.17, 15) is 39.5 Å². The Hall–Kier alpha value is -4.04. The van der Waals surface area contributed by atoms with Crippen molar-refractivity contribution in [3.8, 4) is 0 Å². The summed E-state index contributed by atoms with van der Waals surface area (Å²) in [6, 6.07) is 10.2. The van der Waals surface area contributed by atoms with Crippen LogP contribution in [0.3, 0.4) is 0 Å². The fourth-order valence-corrected chi connectivity index (χ4v) is 4.45. The first-order valence-corrected chi connectivity index (χ1v) is 13.8. The lowest BCUT2D eigenvalue weighted by Crippen LogP contribution is -2.47. The van der Waals surface area contributed by atoms with E-state index in [0.29, 0.717) is 12.5 Å². The average Bonchev–Trinajstić information content (AvgIpc) is 3.38. The molecule has 1 atom stereocenters. The number of carboxylic acids is 3. The lowest BCUT2D eigenvalue weighted by atomic mass is 9.78. The number of ether oxygens (including phenoxy) is 2. The molecule has 0 aliphatic carbocycles. The van der Waals surface area contributed by atoms with Crippen molar-refractivity contribution < 1.29 is 78.7 Å². The van der Waals surface area contributed by atoms with Gasteiger partial charge in [0, 0.05) is 51.4 Å². The van der Waals surface area contributed by atoms with Crippen molar-refractivity contribution in [2.24, 2.45) is 5.92 Å². The second-order valence-electron chi connectivity index (χ2n) is 10.1. The van der Waals surface area contributed by atoms with Crippen molar-refractivity contribution in [3.05, 3.63) is 60.2 Å². The Morgan fingerprint density at radius 2 is 1.40 bits per heavy atom. The standard InChI is InChI=1S/C22H29N3O2.3C2HF3O2/c1-2-11-24-21(5-1)17-25-12-8-22(9-13-25)20(7-15-27-22)6-14-26-18-19-4-3-10-23-16-19;3*3-2(4,5)1(6)7/h1-5,10-11,16,20H,6-9,12-15,17-18H2;3*(H,6,7). The van der Waals surface area contributed by atoms with Crippen molar-refractivity contribution in [3.63, 3.8) is 0 Å². The molecule has 2 fully saturated rings. The van der Waals surface area contributed by atoms with Gasteiger partial charge in [-0.1, -0.05) is 12.1 Å². The SMILES string of the molecule is O=C(O)C(F)(F)F.O=C(O)C(F)(F)F.O=C(O)C(F)(F)F.c1ccc(CN2CCC3(CC2)OCCC3CCOCc2cccnc2)nc1. The number of aromatic nitrogens is 2. The summed E-state index contributed by atoms with van der Waals surface area (Å²) >= 11 is 0. The van der Waals surface area contributed by atoms with Crippen LogP contribution in [0.2, 0.25) is 0 Å². The number of alkyl halides is 9. The normalized spacial score (nSPS) is 17.5. The number of halogens is 9. The lowest BCUT2D eigenvalue weighted by Gasteiger charge is -2.42. The molecule has 4 rings (SSSR count). The van der Waals surface area contributed by atoms with E-state index in [1.54, 1.807) is 6.20 Å². The Kier molecular flexibility index (Phi) is 16.7. The number of rotatable bonds is 7. The second kappa shape index (κ2) is 19.1. The van der Waals surface area contributed by atoms with Gasteiger partial charge in [-0.25, -0.2) is 14.4 Å². The summed E-state index contributed by atoms with van der Waals surface area (Å²) in [7, 11) is 0. The Morgan fingerprint density at radius 3 is 1.83 bits per heavy atom. The van der Waals surface area contributed by atoms with Gasteiger partial charge in [-0.15, -0.1) is 0 Å². The molecular weight excluding hydrogens is 677 g/mol. The van der Waals surface area contributed by atoms with E-state index in [4.69, 9.17) is 39.2 Å². The molecule has 0 aromatic carbocycles. The maximum absolute atomic E-state index is 10.6. The molecule has 1 unspecified atom stereocenters. The summed E-state index contributed by atoms with van der Waals surface area (Å²) in [4.78, 5) is 37.8. The number of aliphatic carboxylic acids is 3. The molecule has 48 heavy (non-hydrogen) atoms. The zero-order valence-electron chi connectivity index (χ0n) is 24.9. The summed E-state index contributed by atoms with van der Waals surface area (Å²) in [6.45, 7) is 5.45. The van der Waals surface area contributed by atoms with Crippen molar-refractivity contribution in [2.75, 3.05) is 26.3 Å². The number of nitrogens with zero attached hydrogens (tertiary/aromatic N) is 3. The third-order valence-electron chi connectivity index (χ3n) is 6.74. The van der Waals surface area contributed by atoms with Crippen LogP contribution in [0.1, 0.15) is 36.9 Å². The number of hydrogen-bond donors (Lipinski definition) is 3. The average molecular weight is 710 g/mol. The van der Waals surface area contributed by atoms with Crippen LogP contribution in [0.25, 0.3) is 0 Å². The van der Waals surface area contributed by atoms with Gasteiger partial charge in [0.25, 0.3) is 0 Å². The molecule has 20 heteroatoms. The second-order valence-corrected chi connectivity index (χ2v) is 10.1. The topological polar surface area (TPSA) is 159 Å². The van der Waals surface area contributed by atoms with E-state index in [2.05, 4.69) is 33.1 Å². The molecule has 0 saturated carbocycles. The van der Waals surface area contributed by atoms with Crippen molar-refractivity contribution in [1.82, 2.24) is 14.9 Å². The van der Waals surface area contributed by atoms with Crippen LogP contribution in [0.4, 0.5) is 39.5 Å². The molecule has 11 nitrogen and oxygen atoms in total. The Morgan fingerprint density at radius 1 is 0.854 bits per heavy atom. The van der Waals surface area contributed by atoms with Crippen molar-refractivity contribution in [2.45, 2.75) is 63.0 Å². The van der Waals surface area contributed by atoms with Crippen LogP contribution in [0.15, 0.2) is 48.9 Å². The first-order chi connectivity index (χ1) is 22.2. The van der Waals surface area contributed by atoms with E-state index < -0.39 is 36.4 Å². The Labute approximate surface area is 267 Å².